The van der Waals surface area contributed by atoms with Crippen LogP contribution in [0, 0.1) is 0 Å². The van der Waals surface area contributed by atoms with Crippen LogP contribution in [0.25, 0.3) is 0 Å². The van der Waals surface area contributed by atoms with Gasteiger partial charge in [-0.05, 0) is 29.8 Å². The van der Waals surface area contributed by atoms with Crippen molar-refractivity contribution < 1.29 is 9.47 Å². The first-order valence-corrected chi connectivity index (χ1v) is 8.38. The molecule has 0 N–H and O–H groups in total. The zero-order valence-corrected chi connectivity index (χ0v) is 14.7. The quantitative estimate of drug-likeness (QED) is 0.677. The van der Waals surface area contributed by atoms with Crippen LogP contribution >= 0.6 is 0 Å². The summed E-state index contributed by atoms with van der Waals surface area (Å²) < 4.78 is 11.5. The molecule has 0 saturated carbocycles. The molecule has 3 aromatic rings. The first-order valence-electron chi connectivity index (χ1n) is 8.38. The zero-order chi connectivity index (χ0) is 17.4. The first-order chi connectivity index (χ1) is 12.3. The van der Waals surface area contributed by atoms with Gasteiger partial charge in [-0.15, -0.1) is 0 Å². The monoisotopic (exact) mass is 331 g/mol. The van der Waals surface area contributed by atoms with E-state index in [0.29, 0.717) is 0 Å². The number of ether oxygens (including phenoxy) is 2. The van der Waals surface area contributed by atoms with Crippen LogP contribution in [0.15, 0.2) is 66.7 Å². The minimum absolute atomic E-state index is 0.0645. The van der Waals surface area contributed by atoms with Gasteiger partial charge in [0.2, 0.25) is 0 Å². The SMILES string of the molecule is COc1cccc2c1C(c1ccccc1)c1c(OC)cccc1N2C. The highest BCUT2D eigenvalue weighted by Gasteiger charge is 2.34. The molecular weight excluding hydrogens is 310 g/mol. The third kappa shape index (κ3) is 2.35. The summed E-state index contributed by atoms with van der Waals surface area (Å²) in [6.45, 7) is 0. The maximum atomic E-state index is 5.73. The molecule has 0 fully saturated rings. The highest BCUT2D eigenvalue weighted by Crippen LogP contribution is 2.53. The van der Waals surface area contributed by atoms with Crippen LogP contribution in [-0.2, 0) is 0 Å². The average molecular weight is 331 g/mol. The Morgan fingerprint density at radius 2 is 1.20 bits per heavy atom. The third-order valence-electron chi connectivity index (χ3n) is 4.96. The summed E-state index contributed by atoms with van der Waals surface area (Å²) in [5, 5.41) is 0. The molecular formula is C22H21NO2. The van der Waals surface area contributed by atoms with E-state index in [9.17, 15) is 0 Å². The molecule has 0 radical (unpaired) electrons. The van der Waals surface area contributed by atoms with Gasteiger partial charge in [-0.3, -0.25) is 0 Å². The number of benzene rings is 3. The molecule has 1 aliphatic heterocycles. The fraction of sp³-hybridized carbons (Fsp3) is 0.182. The summed E-state index contributed by atoms with van der Waals surface area (Å²) in [4.78, 5) is 2.22. The molecule has 0 amide bonds. The van der Waals surface area contributed by atoms with Crippen molar-refractivity contribution >= 4 is 11.4 Å². The van der Waals surface area contributed by atoms with Crippen molar-refractivity contribution in [3.8, 4) is 11.5 Å². The van der Waals surface area contributed by atoms with Crippen LogP contribution in [-0.4, -0.2) is 21.3 Å². The maximum absolute atomic E-state index is 5.73. The Balaban J connectivity index is 2.08. The second-order valence-corrected chi connectivity index (χ2v) is 6.19. The molecule has 0 unspecified atom stereocenters. The molecule has 0 spiro atoms. The lowest BCUT2D eigenvalue weighted by molar-refractivity contribution is 0.402. The van der Waals surface area contributed by atoms with Crippen molar-refractivity contribution in [3.63, 3.8) is 0 Å². The number of rotatable bonds is 3. The van der Waals surface area contributed by atoms with Crippen LogP contribution in [0.5, 0.6) is 11.5 Å². The van der Waals surface area contributed by atoms with E-state index in [4.69, 9.17) is 9.47 Å². The topological polar surface area (TPSA) is 21.7 Å². The molecule has 3 heteroatoms. The lowest BCUT2D eigenvalue weighted by Crippen LogP contribution is -2.23. The minimum atomic E-state index is 0.0645. The van der Waals surface area contributed by atoms with Gasteiger partial charge in [0.15, 0.2) is 0 Å². The van der Waals surface area contributed by atoms with Gasteiger partial charge in [-0.2, -0.15) is 0 Å². The summed E-state index contributed by atoms with van der Waals surface area (Å²) in [5.41, 5.74) is 5.90. The summed E-state index contributed by atoms with van der Waals surface area (Å²) >= 11 is 0. The van der Waals surface area contributed by atoms with Crippen molar-refractivity contribution in [2.75, 3.05) is 26.2 Å². The molecule has 4 rings (SSSR count). The van der Waals surface area contributed by atoms with Crippen LogP contribution in [0.3, 0.4) is 0 Å². The fourth-order valence-corrected chi connectivity index (χ4v) is 3.84. The normalized spacial score (nSPS) is 13.2. The third-order valence-corrected chi connectivity index (χ3v) is 4.96. The number of hydrogen-bond donors (Lipinski definition) is 0. The molecule has 3 nitrogen and oxygen atoms in total. The van der Waals surface area contributed by atoms with Gasteiger partial charge < -0.3 is 14.4 Å². The van der Waals surface area contributed by atoms with E-state index >= 15 is 0 Å². The predicted octanol–water partition coefficient (Wildman–Crippen LogP) is 4.97. The minimum Gasteiger partial charge on any atom is -0.496 e. The Morgan fingerprint density at radius 1 is 0.680 bits per heavy atom. The maximum Gasteiger partial charge on any atom is 0.125 e. The van der Waals surface area contributed by atoms with Gasteiger partial charge in [-0.25, -0.2) is 0 Å². The molecule has 126 valence electrons. The van der Waals surface area contributed by atoms with E-state index in [-0.39, 0.29) is 5.92 Å². The molecule has 25 heavy (non-hydrogen) atoms. The fourth-order valence-electron chi connectivity index (χ4n) is 3.84. The zero-order valence-electron chi connectivity index (χ0n) is 14.7. The summed E-state index contributed by atoms with van der Waals surface area (Å²) in [5.74, 6) is 1.86. The second-order valence-electron chi connectivity index (χ2n) is 6.19. The summed E-state index contributed by atoms with van der Waals surface area (Å²) in [7, 11) is 5.56. The van der Waals surface area contributed by atoms with E-state index in [1.165, 1.54) is 16.7 Å². The molecule has 1 aliphatic rings. The predicted molar refractivity (Wildman–Crippen MR) is 101 cm³/mol. The van der Waals surface area contributed by atoms with E-state index in [2.05, 4.69) is 48.3 Å². The standard InChI is InChI=1S/C22H21NO2/c1-23-16-11-7-13-18(24-2)21(16)20(15-9-5-4-6-10-15)22-17(23)12-8-14-19(22)25-3/h4-14,20H,1-3H3. The molecule has 3 aromatic carbocycles. The van der Waals surface area contributed by atoms with Crippen molar-refractivity contribution in [2.24, 2.45) is 0 Å². The van der Waals surface area contributed by atoms with E-state index in [1.54, 1.807) is 14.2 Å². The van der Waals surface area contributed by atoms with Gasteiger partial charge >= 0.3 is 0 Å². The highest BCUT2D eigenvalue weighted by atomic mass is 16.5. The lowest BCUT2D eigenvalue weighted by atomic mass is 9.79. The van der Waals surface area contributed by atoms with Crippen LogP contribution in [0.2, 0.25) is 0 Å². The molecule has 0 aromatic heterocycles. The van der Waals surface area contributed by atoms with Crippen molar-refractivity contribution in [2.45, 2.75) is 5.92 Å². The molecule has 1 heterocycles. The second kappa shape index (κ2) is 6.17. The first kappa shape index (κ1) is 15.6. The van der Waals surface area contributed by atoms with E-state index in [1.807, 2.05) is 30.3 Å². The average Bonchev–Trinajstić information content (AvgIpc) is 2.68. The van der Waals surface area contributed by atoms with Gasteiger partial charge in [0.25, 0.3) is 0 Å². The van der Waals surface area contributed by atoms with Gasteiger partial charge in [0.05, 0.1) is 14.2 Å². The number of fused-ring (bicyclic) bond motifs is 2. The Labute approximate surface area is 148 Å². The van der Waals surface area contributed by atoms with Gasteiger partial charge in [0, 0.05) is 35.5 Å². The van der Waals surface area contributed by atoms with Crippen molar-refractivity contribution in [3.05, 3.63) is 83.4 Å². The molecule has 0 saturated heterocycles. The number of hydrogen-bond acceptors (Lipinski definition) is 3. The molecule has 0 bridgehead atoms. The number of nitrogens with zero attached hydrogens (tertiary/aromatic N) is 1. The number of anilines is 2. The smallest absolute Gasteiger partial charge is 0.125 e. The Kier molecular flexibility index (Phi) is 3.85. The highest BCUT2D eigenvalue weighted by molar-refractivity contribution is 5.81. The largest absolute Gasteiger partial charge is 0.496 e. The van der Waals surface area contributed by atoms with Crippen molar-refractivity contribution in [1.82, 2.24) is 0 Å². The van der Waals surface area contributed by atoms with E-state index in [0.717, 1.165) is 22.9 Å². The van der Waals surface area contributed by atoms with Crippen molar-refractivity contribution in [1.29, 1.82) is 0 Å². The summed E-state index contributed by atoms with van der Waals surface area (Å²) in [6.07, 6.45) is 0. The molecule has 0 aliphatic carbocycles. The van der Waals surface area contributed by atoms with Crippen LogP contribution < -0.4 is 14.4 Å². The van der Waals surface area contributed by atoms with Gasteiger partial charge in [-0.1, -0.05) is 42.5 Å². The Hall–Kier alpha value is -2.94. The number of methoxy groups -OCH3 is 2. The Morgan fingerprint density at radius 3 is 1.68 bits per heavy atom. The van der Waals surface area contributed by atoms with Crippen LogP contribution in [0.1, 0.15) is 22.6 Å². The van der Waals surface area contributed by atoms with Crippen LogP contribution in [0.4, 0.5) is 11.4 Å². The van der Waals surface area contributed by atoms with E-state index < -0.39 is 0 Å². The molecule has 0 atom stereocenters. The van der Waals surface area contributed by atoms with Gasteiger partial charge in [0.1, 0.15) is 11.5 Å². The summed E-state index contributed by atoms with van der Waals surface area (Å²) in [6, 6.07) is 23.0. The Bertz CT molecular complexity index is 850. The lowest BCUT2D eigenvalue weighted by Gasteiger charge is -2.37.